The van der Waals surface area contributed by atoms with Gasteiger partial charge in [-0.25, -0.2) is 0 Å². The first-order chi connectivity index (χ1) is 20.3. The fourth-order valence-electron chi connectivity index (χ4n) is 5.44. The first-order valence-corrected chi connectivity index (χ1v) is 13.2. The Morgan fingerprint density at radius 3 is 2.12 bits per heavy atom. The van der Waals surface area contributed by atoms with Gasteiger partial charge in [-0.15, -0.1) is 0 Å². The van der Waals surface area contributed by atoms with Crippen molar-refractivity contribution in [3.63, 3.8) is 0 Å². The molecule has 43 heavy (non-hydrogen) atoms. The van der Waals surface area contributed by atoms with Gasteiger partial charge in [-0.05, 0) is 61.4 Å². The quantitative estimate of drug-likeness (QED) is 0.173. The van der Waals surface area contributed by atoms with Crippen LogP contribution in [0.15, 0.2) is 94.7 Å². The normalized spacial score (nSPS) is 16.8. The smallest absolute Gasteiger partial charge is 0.416 e. The number of halogens is 6. The van der Waals surface area contributed by atoms with Gasteiger partial charge in [0.25, 0.3) is 5.56 Å². The number of carbonyl (C=O) groups excluding carboxylic acids is 1. The molecule has 0 N–H and O–H groups in total. The molecule has 0 saturated carbocycles. The number of alkyl halides is 6. The number of nitrogens with zero attached hydrogens (tertiary/aromatic N) is 2. The molecule has 0 spiro atoms. The minimum Gasteiger partial charge on any atom is -0.465 e. The van der Waals surface area contributed by atoms with Crippen molar-refractivity contribution in [2.45, 2.75) is 32.1 Å². The summed E-state index contributed by atoms with van der Waals surface area (Å²) in [6.07, 6.45) is -9.46. The highest BCUT2D eigenvalue weighted by molar-refractivity contribution is 6.05. The van der Waals surface area contributed by atoms with E-state index in [1.165, 1.54) is 31.2 Å². The van der Waals surface area contributed by atoms with Crippen LogP contribution in [-0.4, -0.2) is 22.9 Å². The fraction of sp³-hybridized carbons (Fsp3) is 0.219. The maximum absolute atomic E-state index is 14.5. The Balaban J connectivity index is 1.87. The van der Waals surface area contributed by atoms with Crippen molar-refractivity contribution in [3.05, 3.63) is 118 Å². The van der Waals surface area contributed by atoms with Crippen molar-refractivity contribution in [1.82, 2.24) is 4.57 Å². The van der Waals surface area contributed by atoms with Crippen molar-refractivity contribution < 1.29 is 35.9 Å². The molecule has 222 valence electrons. The van der Waals surface area contributed by atoms with E-state index in [1.54, 1.807) is 37.3 Å². The van der Waals surface area contributed by atoms with E-state index in [2.05, 4.69) is 4.99 Å². The molecule has 2 unspecified atom stereocenters. The highest BCUT2D eigenvalue weighted by Gasteiger charge is 2.45. The van der Waals surface area contributed by atoms with Crippen molar-refractivity contribution in [3.8, 4) is 16.9 Å². The van der Waals surface area contributed by atoms with Gasteiger partial charge in [0.05, 0.1) is 34.7 Å². The number of hydrogen-bond donors (Lipinski definition) is 0. The summed E-state index contributed by atoms with van der Waals surface area (Å²) in [5.74, 6) is -3.68. The van der Waals surface area contributed by atoms with Gasteiger partial charge in [0.15, 0.2) is 0 Å². The zero-order valence-corrected chi connectivity index (χ0v) is 22.8. The maximum Gasteiger partial charge on any atom is 0.416 e. The molecule has 1 aromatic heterocycles. The Labute approximate surface area is 242 Å². The topological polar surface area (TPSA) is 60.7 Å². The van der Waals surface area contributed by atoms with Crippen LogP contribution >= 0.6 is 0 Å². The van der Waals surface area contributed by atoms with E-state index in [-0.39, 0.29) is 40.5 Å². The van der Waals surface area contributed by atoms with Crippen LogP contribution in [0.4, 0.5) is 32.0 Å². The molecule has 2 heterocycles. The van der Waals surface area contributed by atoms with Gasteiger partial charge in [-0.2, -0.15) is 26.3 Å². The molecule has 5 rings (SSSR count). The molecule has 11 heteroatoms. The number of benzene rings is 3. The van der Waals surface area contributed by atoms with E-state index in [0.29, 0.717) is 5.56 Å². The lowest BCUT2D eigenvalue weighted by atomic mass is 9.74. The van der Waals surface area contributed by atoms with Crippen molar-refractivity contribution >= 4 is 17.4 Å². The lowest BCUT2D eigenvalue weighted by Crippen LogP contribution is -2.38. The van der Waals surface area contributed by atoms with Crippen LogP contribution in [0.1, 0.15) is 42.0 Å². The second-order valence-electron chi connectivity index (χ2n) is 9.93. The number of aliphatic imine (C=N–C) groups is 1. The van der Waals surface area contributed by atoms with Crippen molar-refractivity contribution in [1.29, 1.82) is 0 Å². The van der Waals surface area contributed by atoms with Crippen LogP contribution in [0.5, 0.6) is 0 Å². The summed E-state index contributed by atoms with van der Waals surface area (Å²) in [6, 6.07) is 18.5. The monoisotopic (exact) mass is 598 g/mol. The first-order valence-electron chi connectivity index (χ1n) is 13.2. The van der Waals surface area contributed by atoms with E-state index >= 15 is 0 Å². The Kier molecular flexibility index (Phi) is 7.76. The van der Waals surface area contributed by atoms with Gasteiger partial charge in [-0.1, -0.05) is 48.5 Å². The van der Waals surface area contributed by atoms with E-state index < -0.39 is 46.8 Å². The summed E-state index contributed by atoms with van der Waals surface area (Å²) in [5, 5.41) is 0. The van der Waals surface area contributed by atoms with Gasteiger partial charge in [0.2, 0.25) is 0 Å². The Morgan fingerprint density at radius 1 is 0.884 bits per heavy atom. The summed E-state index contributed by atoms with van der Waals surface area (Å²) >= 11 is 0. The van der Waals surface area contributed by atoms with E-state index in [4.69, 9.17) is 4.74 Å². The van der Waals surface area contributed by atoms with E-state index in [1.807, 2.05) is 0 Å². The number of aromatic nitrogens is 1. The summed E-state index contributed by atoms with van der Waals surface area (Å²) in [7, 11) is 0. The fourth-order valence-corrected chi connectivity index (χ4v) is 5.44. The molecule has 1 aliphatic rings. The number of esters is 1. The molecule has 0 saturated heterocycles. The summed E-state index contributed by atoms with van der Waals surface area (Å²) in [5.41, 5.74) is -2.35. The summed E-state index contributed by atoms with van der Waals surface area (Å²) in [6.45, 7) is 2.96. The second kappa shape index (κ2) is 11.2. The predicted octanol–water partition coefficient (Wildman–Crippen LogP) is 7.96. The van der Waals surface area contributed by atoms with E-state index in [9.17, 15) is 35.9 Å². The third-order valence-corrected chi connectivity index (χ3v) is 7.28. The molecule has 2 atom stereocenters. The zero-order valence-electron chi connectivity index (χ0n) is 22.8. The minimum absolute atomic E-state index is 0.0430. The van der Waals surface area contributed by atoms with Gasteiger partial charge >= 0.3 is 18.3 Å². The molecule has 0 radical (unpaired) electrons. The Hall–Kier alpha value is -4.67. The average molecular weight is 599 g/mol. The summed E-state index contributed by atoms with van der Waals surface area (Å²) in [4.78, 5) is 32.3. The molecule has 0 fully saturated rings. The van der Waals surface area contributed by atoms with Crippen LogP contribution < -0.4 is 5.56 Å². The minimum atomic E-state index is -4.82. The molecule has 3 aromatic carbocycles. The molecule has 4 aromatic rings. The van der Waals surface area contributed by atoms with Crippen LogP contribution in [0.2, 0.25) is 0 Å². The largest absolute Gasteiger partial charge is 0.465 e. The Morgan fingerprint density at radius 2 is 1.51 bits per heavy atom. The number of carbonyl (C=O) groups is 1. The van der Waals surface area contributed by atoms with Gasteiger partial charge in [0, 0.05) is 17.3 Å². The third-order valence-electron chi connectivity index (χ3n) is 7.28. The maximum atomic E-state index is 14.5. The average Bonchev–Trinajstić information content (AvgIpc) is 2.96. The van der Waals surface area contributed by atoms with Crippen molar-refractivity contribution in [2.24, 2.45) is 10.9 Å². The zero-order chi connectivity index (χ0) is 31.1. The molecular formula is C32H24F6N2O3. The first kappa shape index (κ1) is 29.8. The molecule has 1 aliphatic heterocycles. The molecule has 0 amide bonds. The predicted molar refractivity (Wildman–Crippen MR) is 149 cm³/mol. The van der Waals surface area contributed by atoms with Gasteiger partial charge < -0.3 is 4.74 Å². The third kappa shape index (κ3) is 5.59. The lowest BCUT2D eigenvalue weighted by Gasteiger charge is -2.33. The van der Waals surface area contributed by atoms with Gasteiger partial charge in [0.1, 0.15) is 5.92 Å². The van der Waals surface area contributed by atoms with Crippen LogP contribution in [0.25, 0.3) is 16.9 Å². The number of fused-ring (bicyclic) bond motifs is 1. The van der Waals surface area contributed by atoms with Gasteiger partial charge in [-0.3, -0.25) is 19.1 Å². The molecule has 5 nitrogen and oxygen atoms in total. The number of pyridine rings is 1. The SMILES string of the molecule is CCOC(=O)C1C(C)=Nc2cc(-c3ccccc3)n(-c3ccc(C(F)(F)F)cc3)c(=O)c2C1c1ccccc1C(F)(F)F. The number of ether oxygens (including phenoxy) is 1. The van der Waals surface area contributed by atoms with Crippen LogP contribution in [-0.2, 0) is 21.9 Å². The van der Waals surface area contributed by atoms with Crippen LogP contribution in [0, 0.1) is 5.92 Å². The van der Waals surface area contributed by atoms with Crippen molar-refractivity contribution in [2.75, 3.05) is 6.61 Å². The lowest BCUT2D eigenvalue weighted by molar-refractivity contribution is -0.147. The summed E-state index contributed by atoms with van der Waals surface area (Å²) < 4.78 is 89.3. The molecule has 0 aliphatic carbocycles. The number of rotatable bonds is 5. The van der Waals surface area contributed by atoms with E-state index in [0.717, 1.165) is 34.9 Å². The second-order valence-corrected chi connectivity index (χ2v) is 9.93. The molecular weight excluding hydrogens is 574 g/mol. The van der Waals surface area contributed by atoms with Crippen LogP contribution in [0.3, 0.4) is 0 Å². The standard InChI is InChI=1S/C32H24F6N2O3/c1-3-43-30(42)26-18(2)39-24-17-25(19-9-5-4-6-10-19)40(21-15-13-20(14-16-21)31(33,34)35)29(41)28(24)27(26)22-11-7-8-12-23(22)32(36,37)38/h4-17,26-27H,3H2,1-2H3. The number of hydrogen-bond acceptors (Lipinski definition) is 4. The molecule has 0 bridgehead atoms. The highest BCUT2D eigenvalue weighted by atomic mass is 19.4. The highest BCUT2D eigenvalue weighted by Crippen LogP contribution is 2.46. The Bertz CT molecular complexity index is 1760.